The van der Waals surface area contributed by atoms with Crippen LogP contribution in [0, 0.1) is 0 Å². The highest BCUT2D eigenvalue weighted by Crippen LogP contribution is 2.47. The van der Waals surface area contributed by atoms with Crippen LogP contribution in [0.25, 0.3) is 99.5 Å². The molecule has 0 atom stereocenters. The van der Waals surface area contributed by atoms with E-state index in [9.17, 15) is 0 Å². The molecule has 2 aromatic heterocycles. The van der Waals surface area contributed by atoms with Crippen LogP contribution >= 0.6 is 0 Å². The predicted octanol–water partition coefficient (Wildman–Crippen LogP) is 17.3. The average Bonchev–Trinajstić information content (AvgIpc) is 3.94. The summed E-state index contributed by atoms with van der Waals surface area (Å²) >= 11 is 0. The van der Waals surface area contributed by atoms with E-state index in [1.807, 2.05) is 24.3 Å². The molecule has 0 spiro atoms. The van der Waals surface area contributed by atoms with Crippen molar-refractivity contribution in [2.45, 2.75) is 0 Å². The van der Waals surface area contributed by atoms with E-state index in [1.165, 1.54) is 5.56 Å². The molecule has 12 aromatic rings. The summed E-state index contributed by atoms with van der Waals surface area (Å²) in [5.74, 6) is 0. The Hall–Kier alpha value is -8.40. The molecule has 0 bridgehead atoms. The standard InChI is InChI=1S/C60H39NO2/c1-4-16-40(17-5-1)41-30-32-44(33-31-41)61(45-34-36-47(55(38-45)42-18-6-2-7-19-42)51-24-14-26-53-49-22-10-12-28-57(49)62-59(51)53)46-35-37-48(56(39-46)43-20-8-3-9-21-43)52-25-15-27-54-50-23-11-13-29-58(50)63-60(52)54/h1-39H. The highest BCUT2D eigenvalue weighted by molar-refractivity contribution is 6.12. The summed E-state index contributed by atoms with van der Waals surface area (Å²) in [6.45, 7) is 0. The SMILES string of the molecule is c1ccc(-c2ccc(N(c3ccc(-c4cccc5c4oc4ccccc45)c(-c4ccccc4)c3)c3ccc(-c4cccc5c4oc4ccccc45)c(-c4ccccc4)c3)cc2)cc1. The summed E-state index contributed by atoms with van der Waals surface area (Å²) in [5.41, 5.74) is 17.8. The molecule has 0 aliphatic carbocycles. The van der Waals surface area contributed by atoms with Crippen molar-refractivity contribution < 1.29 is 8.83 Å². The Balaban J connectivity index is 1.08. The van der Waals surface area contributed by atoms with Crippen LogP contribution in [0.2, 0.25) is 0 Å². The zero-order chi connectivity index (χ0) is 41.7. The van der Waals surface area contributed by atoms with Crippen molar-refractivity contribution in [3.63, 3.8) is 0 Å². The lowest BCUT2D eigenvalue weighted by Crippen LogP contribution is -2.10. The van der Waals surface area contributed by atoms with E-state index < -0.39 is 0 Å². The molecule has 0 saturated carbocycles. The molecule has 0 unspecified atom stereocenters. The number of hydrogen-bond acceptors (Lipinski definition) is 3. The molecule has 0 radical (unpaired) electrons. The smallest absolute Gasteiger partial charge is 0.143 e. The lowest BCUT2D eigenvalue weighted by molar-refractivity contribution is 0.669. The number of para-hydroxylation sites is 4. The van der Waals surface area contributed by atoms with Gasteiger partial charge in [-0.1, -0.05) is 188 Å². The lowest BCUT2D eigenvalue weighted by atomic mass is 9.91. The molecule has 0 saturated heterocycles. The number of furan rings is 2. The molecule has 0 amide bonds. The molecular formula is C60H39NO2. The minimum absolute atomic E-state index is 0.886. The van der Waals surface area contributed by atoms with Crippen molar-refractivity contribution in [1.29, 1.82) is 0 Å². The summed E-state index contributed by atoms with van der Waals surface area (Å²) in [6, 6.07) is 84.1. The zero-order valence-electron chi connectivity index (χ0n) is 34.3. The molecule has 296 valence electrons. The Morgan fingerprint density at radius 2 is 0.619 bits per heavy atom. The van der Waals surface area contributed by atoms with Crippen LogP contribution in [-0.4, -0.2) is 0 Å². The van der Waals surface area contributed by atoms with Crippen LogP contribution < -0.4 is 4.90 Å². The normalized spacial score (nSPS) is 11.5. The fourth-order valence-corrected chi connectivity index (χ4v) is 9.32. The van der Waals surface area contributed by atoms with Crippen molar-refractivity contribution in [3.05, 3.63) is 237 Å². The summed E-state index contributed by atoms with van der Waals surface area (Å²) in [6.07, 6.45) is 0. The molecule has 0 aliphatic heterocycles. The highest BCUT2D eigenvalue weighted by atomic mass is 16.3. The lowest BCUT2D eigenvalue weighted by Gasteiger charge is -2.28. The van der Waals surface area contributed by atoms with Gasteiger partial charge in [0.25, 0.3) is 0 Å². The molecular weight excluding hydrogens is 767 g/mol. The van der Waals surface area contributed by atoms with Crippen LogP contribution in [0.3, 0.4) is 0 Å². The largest absolute Gasteiger partial charge is 0.455 e. The first kappa shape index (κ1) is 36.5. The second kappa shape index (κ2) is 15.3. The van der Waals surface area contributed by atoms with Gasteiger partial charge in [0.05, 0.1) is 0 Å². The predicted molar refractivity (Wildman–Crippen MR) is 263 cm³/mol. The van der Waals surface area contributed by atoms with E-state index in [0.717, 1.165) is 111 Å². The maximum atomic E-state index is 6.62. The summed E-state index contributed by atoms with van der Waals surface area (Å²) in [4.78, 5) is 2.38. The van der Waals surface area contributed by atoms with Gasteiger partial charge < -0.3 is 13.7 Å². The first-order valence-electron chi connectivity index (χ1n) is 21.4. The fraction of sp³-hybridized carbons (Fsp3) is 0. The van der Waals surface area contributed by atoms with Crippen LogP contribution in [-0.2, 0) is 0 Å². The number of anilines is 3. The van der Waals surface area contributed by atoms with E-state index in [0.29, 0.717) is 0 Å². The van der Waals surface area contributed by atoms with Gasteiger partial charge in [0.1, 0.15) is 22.3 Å². The topological polar surface area (TPSA) is 29.5 Å². The van der Waals surface area contributed by atoms with E-state index >= 15 is 0 Å². The minimum Gasteiger partial charge on any atom is -0.455 e. The van der Waals surface area contributed by atoms with Crippen molar-refractivity contribution >= 4 is 60.9 Å². The Morgan fingerprint density at radius 1 is 0.238 bits per heavy atom. The Bertz CT molecular complexity index is 3400. The average molecular weight is 806 g/mol. The molecule has 10 aromatic carbocycles. The van der Waals surface area contributed by atoms with E-state index in [4.69, 9.17) is 8.83 Å². The van der Waals surface area contributed by atoms with E-state index in [1.54, 1.807) is 0 Å². The van der Waals surface area contributed by atoms with Gasteiger partial charge in [-0.25, -0.2) is 0 Å². The van der Waals surface area contributed by atoms with Crippen molar-refractivity contribution in [2.24, 2.45) is 0 Å². The number of rotatable bonds is 8. The number of fused-ring (bicyclic) bond motifs is 6. The molecule has 63 heavy (non-hydrogen) atoms. The maximum absolute atomic E-state index is 6.62. The second-order valence-corrected chi connectivity index (χ2v) is 16.0. The monoisotopic (exact) mass is 805 g/mol. The van der Waals surface area contributed by atoms with Gasteiger partial charge in [0.15, 0.2) is 0 Å². The highest BCUT2D eigenvalue weighted by Gasteiger charge is 2.22. The summed E-state index contributed by atoms with van der Waals surface area (Å²) in [5, 5.41) is 4.45. The van der Waals surface area contributed by atoms with Crippen LogP contribution in [0.15, 0.2) is 245 Å². The summed E-state index contributed by atoms with van der Waals surface area (Å²) in [7, 11) is 0. The first-order valence-corrected chi connectivity index (χ1v) is 21.4. The van der Waals surface area contributed by atoms with E-state index in [-0.39, 0.29) is 0 Å². The third kappa shape index (κ3) is 6.38. The third-order valence-corrected chi connectivity index (χ3v) is 12.3. The van der Waals surface area contributed by atoms with Gasteiger partial charge >= 0.3 is 0 Å². The van der Waals surface area contributed by atoms with Gasteiger partial charge in [-0.15, -0.1) is 0 Å². The zero-order valence-corrected chi connectivity index (χ0v) is 34.3. The van der Waals surface area contributed by atoms with Crippen molar-refractivity contribution in [3.8, 4) is 55.6 Å². The third-order valence-electron chi connectivity index (χ3n) is 12.3. The number of benzene rings is 10. The van der Waals surface area contributed by atoms with Gasteiger partial charge in [0.2, 0.25) is 0 Å². The Kier molecular flexibility index (Phi) is 8.83. The molecule has 0 N–H and O–H groups in total. The molecule has 2 heterocycles. The van der Waals surface area contributed by atoms with Crippen LogP contribution in [0.5, 0.6) is 0 Å². The molecule has 3 nitrogen and oxygen atoms in total. The molecule has 12 rings (SSSR count). The number of hydrogen-bond donors (Lipinski definition) is 0. The van der Waals surface area contributed by atoms with E-state index in [2.05, 4.69) is 217 Å². The van der Waals surface area contributed by atoms with Crippen LogP contribution in [0.1, 0.15) is 0 Å². The quantitative estimate of drug-likeness (QED) is 0.153. The Morgan fingerprint density at radius 3 is 1.10 bits per heavy atom. The second-order valence-electron chi connectivity index (χ2n) is 16.0. The van der Waals surface area contributed by atoms with Crippen molar-refractivity contribution in [1.82, 2.24) is 0 Å². The fourth-order valence-electron chi connectivity index (χ4n) is 9.32. The number of nitrogens with zero attached hydrogens (tertiary/aromatic N) is 1. The molecule has 3 heteroatoms. The van der Waals surface area contributed by atoms with Gasteiger partial charge in [-0.3, -0.25) is 0 Å². The minimum atomic E-state index is 0.886. The maximum Gasteiger partial charge on any atom is 0.143 e. The Labute approximate surface area is 365 Å². The molecule has 0 aliphatic rings. The van der Waals surface area contributed by atoms with Gasteiger partial charge in [0, 0.05) is 49.7 Å². The first-order chi connectivity index (χ1) is 31.2. The molecule has 0 fully saturated rings. The van der Waals surface area contributed by atoms with Crippen LogP contribution in [0.4, 0.5) is 17.1 Å². The van der Waals surface area contributed by atoms with Crippen molar-refractivity contribution in [2.75, 3.05) is 4.90 Å². The van der Waals surface area contributed by atoms with Gasteiger partial charge in [-0.2, -0.15) is 0 Å². The summed E-state index contributed by atoms with van der Waals surface area (Å²) < 4.78 is 13.2. The van der Waals surface area contributed by atoms with Gasteiger partial charge in [-0.05, 0) is 93.0 Å².